The zero-order valence-electron chi connectivity index (χ0n) is 12.0. The number of hydrogen-bond donors (Lipinski definition) is 1. The van der Waals surface area contributed by atoms with Crippen LogP contribution in [0.15, 0.2) is 24.3 Å². The highest BCUT2D eigenvalue weighted by Crippen LogP contribution is 2.34. The summed E-state index contributed by atoms with van der Waals surface area (Å²) in [6.45, 7) is 3.11. The van der Waals surface area contributed by atoms with Crippen LogP contribution in [0.3, 0.4) is 0 Å². The van der Waals surface area contributed by atoms with Crippen molar-refractivity contribution in [1.29, 1.82) is 0 Å². The molecule has 0 radical (unpaired) electrons. The van der Waals surface area contributed by atoms with E-state index in [2.05, 4.69) is 18.3 Å². The van der Waals surface area contributed by atoms with E-state index in [-0.39, 0.29) is 0 Å². The van der Waals surface area contributed by atoms with Crippen LogP contribution in [0.25, 0.3) is 10.6 Å². The number of ether oxygens (including phenoxy) is 1. The van der Waals surface area contributed by atoms with Gasteiger partial charge in [-0.05, 0) is 31.4 Å². The van der Waals surface area contributed by atoms with E-state index in [1.165, 1.54) is 23.4 Å². The minimum atomic E-state index is 0.733. The van der Waals surface area contributed by atoms with E-state index < -0.39 is 0 Å². The average Bonchev–Trinajstić information content (AvgIpc) is 3.23. The molecule has 1 aliphatic carbocycles. The predicted molar refractivity (Wildman–Crippen MR) is 83.3 cm³/mol. The van der Waals surface area contributed by atoms with Crippen LogP contribution in [0.5, 0.6) is 5.75 Å². The molecule has 1 fully saturated rings. The summed E-state index contributed by atoms with van der Waals surface area (Å²) < 4.78 is 5.44. The standard InChI is InChI=1S/C16H20N2OS/c1-3-13-15(10-17-11-8-9-11)20-16(18-13)12-6-4-5-7-14(12)19-2/h4-7,11,17H,3,8-10H2,1-2H3. The largest absolute Gasteiger partial charge is 0.496 e. The first-order chi connectivity index (χ1) is 9.81. The van der Waals surface area contributed by atoms with Gasteiger partial charge >= 0.3 is 0 Å². The van der Waals surface area contributed by atoms with Crippen LogP contribution in [0.4, 0.5) is 0 Å². The molecule has 0 aliphatic heterocycles. The van der Waals surface area contributed by atoms with Gasteiger partial charge in [0, 0.05) is 17.5 Å². The fourth-order valence-corrected chi connectivity index (χ4v) is 3.39. The van der Waals surface area contributed by atoms with Gasteiger partial charge in [0.2, 0.25) is 0 Å². The van der Waals surface area contributed by atoms with Crippen molar-refractivity contribution in [3.8, 4) is 16.3 Å². The van der Waals surface area contributed by atoms with Crippen LogP contribution in [0, 0.1) is 0 Å². The summed E-state index contributed by atoms with van der Waals surface area (Å²) in [6.07, 6.45) is 3.62. The van der Waals surface area contributed by atoms with Crippen LogP contribution < -0.4 is 10.1 Å². The fourth-order valence-electron chi connectivity index (χ4n) is 2.26. The summed E-state index contributed by atoms with van der Waals surface area (Å²) in [6, 6.07) is 8.83. The highest BCUT2D eigenvalue weighted by molar-refractivity contribution is 7.15. The number of rotatable bonds is 6. The lowest BCUT2D eigenvalue weighted by Gasteiger charge is -2.04. The first-order valence-corrected chi connectivity index (χ1v) is 7.98. The van der Waals surface area contributed by atoms with E-state index in [0.29, 0.717) is 0 Å². The Bertz CT molecular complexity index is 590. The summed E-state index contributed by atoms with van der Waals surface area (Å²) in [5.74, 6) is 0.894. The maximum absolute atomic E-state index is 5.44. The summed E-state index contributed by atoms with van der Waals surface area (Å²) in [7, 11) is 1.71. The third-order valence-electron chi connectivity index (χ3n) is 3.58. The highest BCUT2D eigenvalue weighted by atomic mass is 32.1. The molecule has 3 rings (SSSR count). The molecule has 20 heavy (non-hydrogen) atoms. The van der Waals surface area contributed by atoms with Crippen LogP contribution in [-0.4, -0.2) is 18.1 Å². The first kappa shape index (κ1) is 13.6. The smallest absolute Gasteiger partial charge is 0.129 e. The van der Waals surface area contributed by atoms with E-state index in [1.807, 2.05) is 18.2 Å². The molecule has 3 nitrogen and oxygen atoms in total. The van der Waals surface area contributed by atoms with Gasteiger partial charge in [-0.2, -0.15) is 0 Å². The molecule has 106 valence electrons. The number of nitrogens with zero attached hydrogens (tertiary/aromatic N) is 1. The number of hydrogen-bond acceptors (Lipinski definition) is 4. The molecule has 0 unspecified atom stereocenters. The van der Waals surface area contributed by atoms with Crippen LogP contribution in [-0.2, 0) is 13.0 Å². The normalized spacial score (nSPS) is 14.5. The molecule has 1 aromatic carbocycles. The Morgan fingerprint density at radius 1 is 1.35 bits per heavy atom. The molecule has 1 N–H and O–H groups in total. The van der Waals surface area contributed by atoms with Gasteiger partial charge in [-0.3, -0.25) is 0 Å². The monoisotopic (exact) mass is 288 g/mol. The molecule has 1 heterocycles. The quantitative estimate of drug-likeness (QED) is 0.881. The van der Waals surface area contributed by atoms with E-state index in [9.17, 15) is 0 Å². The predicted octanol–water partition coefficient (Wildman–Crippen LogP) is 3.63. The molecule has 2 aromatic rings. The van der Waals surface area contributed by atoms with Crippen molar-refractivity contribution in [2.45, 2.75) is 38.8 Å². The molecule has 0 spiro atoms. The second-order valence-electron chi connectivity index (χ2n) is 5.10. The van der Waals surface area contributed by atoms with E-state index >= 15 is 0 Å². The number of benzene rings is 1. The summed E-state index contributed by atoms with van der Waals surface area (Å²) in [5.41, 5.74) is 2.30. The maximum atomic E-state index is 5.44. The van der Waals surface area contributed by atoms with E-state index in [1.54, 1.807) is 18.4 Å². The van der Waals surface area contributed by atoms with Crippen molar-refractivity contribution in [3.63, 3.8) is 0 Å². The molecule has 1 saturated carbocycles. The van der Waals surface area contributed by atoms with Gasteiger partial charge in [-0.25, -0.2) is 4.98 Å². The number of aryl methyl sites for hydroxylation is 1. The third kappa shape index (κ3) is 2.86. The van der Waals surface area contributed by atoms with Gasteiger partial charge in [0.25, 0.3) is 0 Å². The fraction of sp³-hybridized carbons (Fsp3) is 0.438. The number of nitrogens with one attached hydrogen (secondary N) is 1. The van der Waals surface area contributed by atoms with Crippen molar-refractivity contribution in [3.05, 3.63) is 34.8 Å². The molecular weight excluding hydrogens is 268 g/mol. The van der Waals surface area contributed by atoms with Crippen LogP contribution >= 0.6 is 11.3 Å². The zero-order chi connectivity index (χ0) is 13.9. The number of thiazole rings is 1. The van der Waals surface area contributed by atoms with Gasteiger partial charge in [0.05, 0.1) is 18.4 Å². The minimum Gasteiger partial charge on any atom is -0.496 e. The van der Waals surface area contributed by atoms with Crippen LogP contribution in [0.2, 0.25) is 0 Å². The lowest BCUT2D eigenvalue weighted by molar-refractivity contribution is 0.416. The molecule has 0 bridgehead atoms. The maximum Gasteiger partial charge on any atom is 0.129 e. The molecule has 4 heteroatoms. The Balaban J connectivity index is 1.88. The summed E-state index contributed by atoms with van der Waals surface area (Å²) in [5, 5.41) is 4.64. The van der Waals surface area contributed by atoms with Crippen LogP contribution in [0.1, 0.15) is 30.3 Å². The van der Waals surface area contributed by atoms with Gasteiger partial charge in [-0.15, -0.1) is 11.3 Å². The van der Waals surface area contributed by atoms with Gasteiger partial charge in [0.15, 0.2) is 0 Å². The Kier molecular flexibility index (Phi) is 4.03. The SMILES string of the molecule is CCc1nc(-c2ccccc2OC)sc1CNC1CC1. The third-order valence-corrected chi connectivity index (χ3v) is 4.71. The van der Waals surface area contributed by atoms with Crippen molar-refractivity contribution in [1.82, 2.24) is 10.3 Å². The summed E-state index contributed by atoms with van der Waals surface area (Å²) >= 11 is 1.78. The van der Waals surface area contributed by atoms with Crippen molar-refractivity contribution in [2.75, 3.05) is 7.11 Å². The lowest BCUT2D eigenvalue weighted by atomic mass is 10.2. The Morgan fingerprint density at radius 2 is 2.15 bits per heavy atom. The number of aromatic nitrogens is 1. The van der Waals surface area contributed by atoms with E-state index in [0.717, 1.165) is 35.3 Å². The van der Waals surface area contributed by atoms with Crippen molar-refractivity contribution >= 4 is 11.3 Å². The molecule has 1 aliphatic rings. The Hall–Kier alpha value is -1.39. The molecule has 0 atom stereocenters. The average molecular weight is 288 g/mol. The lowest BCUT2D eigenvalue weighted by Crippen LogP contribution is -2.15. The van der Waals surface area contributed by atoms with E-state index in [4.69, 9.17) is 9.72 Å². The number of methoxy groups -OCH3 is 1. The molecule has 0 amide bonds. The Labute approximate surface area is 124 Å². The molecule has 0 saturated heterocycles. The molecular formula is C16H20N2OS. The van der Waals surface area contributed by atoms with Gasteiger partial charge < -0.3 is 10.1 Å². The van der Waals surface area contributed by atoms with Crippen molar-refractivity contribution in [2.24, 2.45) is 0 Å². The highest BCUT2D eigenvalue weighted by Gasteiger charge is 2.21. The molecule has 1 aromatic heterocycles. The van der Waals surface area contributed by atoms with Gasteiger partial charge in [-0.1, -0.05) is 19.1 Å². The van der Waals surface area contributed by atoms with Gasteiger partial charge in [0.1, 0.15) is 10.8 Å². The second-order valence-corrected chi connectivity index (χ2v) is 6.18. The Morgan fingerprint density at radius 3 is 2.85 bits per heavy atom. The minimum absolute atomic E-state index is 0.733. The zero-order valence-corrected chi connectivity index (χ0v) is 12.8. The van der Waals surface area contributed by atoms with Crippen molar-refractivity contribution < 1.29 is 4.74 Å². The topological polar surface area (TPSA) is 34.1 Å². The first-order valence-electron chi connectivity index (χ1n) is 7.17. The summed E-state index contributed by atoms with van der Waals surface area (Å²) in [4.78, 5) is 6.17. The second kappa shape index (κ2) is 5.94. The number of para-hydroxylation sites is 1.